The molecule has 12 rings (SSSR count). The van der Waals surface area contributed by atoms with E-state index in [0.717, 1.165) is 22.8 Å². The molecule has 4 heteroatoms. The van der Waals surface area contributed by atoms with Gasteiger partial charge in [0.2, 0.25) is 0 Å². The first-order valence-electron chi connectivity index (χ1n) is 19.9. The Morgan fingerprint density at radius 1 is 0.379 bits per heavy atom. The number of aliphatic imine (C=N–C) groups is 1. The van der Waals surface area contributed by atoms with Crippen molar-refractivity contribution in [1.29, 1.82) is 0 Å². The van der Waals surface area contributed by atoms with E-state index in [1.165, 1.54) is 82.3 Å². The maximum absolute atomic E-state index is 5.19. The number of nitrogens with zero attached hydrogens (tertiary/aromatic N) is 3. The number of aromatic nitrogens is 2. The maximum atomic E-state index is 5.19. The maximum Gasteiger partial charge on any atom is 0.134 e. The number of hydrogen-bond donors (Lipinski definition) is 1. The Kier molecular flexibility index (Phi) is 7.26. The van der Waals surface area contributed by atoms with Crippen molar-refractivity contribution in [2.45, 2.75) is 6.04 Å². The van der Waals surface area contributed by atoms with Gasteiger partial charge in [0.1, 0.15) is 5.84 Å². The third-order valence-corrected chi connectivity index (χ3v) is 12.0. The first-order chi connectivity index (χ1) is 28.8. The Hall–Kier alpha value is -7.69. The number of rotatable bonds is 5. The fourth-order valence-corrected chi connectivity index (χ4v) is 9.32. The van der Waals surface area contributed by atoms with E-state index in [9.17, 15) is 0 Å². The Bertz CT molecular complexity index is 3430. The fourth-order valence-electron chi connectivity index (χ4n) is 9.32. The van der Waals surface area contributed by atoms with E-state index in [1.54, 1.807) is 0 Å². The van der Waals surface area contributed by atoms with Crippen LogP contribution in [0.5, 0.6) is 0 Å². The van der Waals surface area contributed by atoms with Crippen molar-refractivity contribution < 1.29 is 0 Å². The van der Waals surface area contributed by atoms with Crippen LogP contribution in [0.3, 0.4) is 0 Å². The van der Waals surface area contributed by atoms with Gasteiger partial charge in [-0.2, -0.15) is 0 Å². The normalized spacial score (nSPS) is 13.9. The van der Waals surface area contributed by atoms with Gasteiger partial charge in [-0.25, -0.2) is 4.99 Å². The van der Waals surface area contributed by atoms with Gasteiger partial charge < -0.3 is 14.5 Å². The average molecular weight is 741 g/mol. The van der Waals surface area contributed by atoms with Gasteiger partial charge in [0, 0.05) is 44.0 Å². The summed E-state index contributed by atoms with van der Waals surface area (Å²) < 4.78 is 4.82. The topological polar surface area (TPSA) is 34.2 Å². The fraction of sp³-hybridized carbons (Fsp3) is 0.0185. The molecule has 11 aromatic rings. The van der Waals surface area contributed by atoms with Crippen molar-refractivity contribution in [3.05, 3.63) is 223 Å². The molecule has 0 radical (unpaired) electrons. The van der Waals surface area contributed by atoms with Crippen LogP contribution in [0.15, 0.2) is 211 Å². The number of nitrogens with one attached hydrogen (secondary N) is 1. The number of fused-ring (bicyclic) bond motifs is 9. The highest BCUT2D eigenvalue weighted by Gasteiger charge is 2.27. The Morgan fingerprint density at radius 2 is 0.983 bits per heavy atom. The summed E-state index contributed by atoms with van der Waals surface area (Å²) in [6.45, 7) is 0. The number of amidine groups is 1. The summed E-state index contributed by atoms with van der Waals surface area (Å²) in [4.78, 5) is 5.19. The van der Waals surface area contributed by atoms with Gasteiger partial charge in [-0.05, 0) is 88.1 Å². The first kappa shape index (κ1) is 32.5. The molecule has 0 spiro atoms. The van der Waals surface area contributed by atoms with E-state index in [4.69, 9.17) is 4.99 Å². The number of benzene rings is 9. The van der Waals surface area contributed by atoms with Crippen molar-refractivity contribution in [2.75, 3.05) is 0 Å². The van der Waals surface area contributed by atoms with Gasteiger partial charge in [0.15, 0.2) is 0 Å². The van der Waals surface area contributed by atoms with Crippen molar-refractivity contribution >= 4 is 65.9 Å². The Labute approximate surface area is 335 Å². The molecule has 0 fully saturated rings. The second-order valence-electron chi connectivity index (χ2n) is 15.2. The van der Waals surface area contributed by atoms with Gasteiger partial charge in [0.25, 0.3) is 0 Å². The monoisotopic (exact) mass is 740 g/mol. The summed E-state index contributed by atoms with van der Waals surface area (Å²) in [6.07, 6.45) is 0. The predicted octanol–water partition coefficient (Wildman–Crippen LogP) is 13.5. The van der Waals surface area contributed by atoms with Gasteiger partial charge in [-0.3, -0.25) is 0 Å². The lowest BCUT2D eigenvalue weighted by atomic mass is 9.90. The minimum Gasteiger partial charge on any atom is -0.359 e. The van der Waals surface area contributed by atoms with Crippen LogP contribution >= 0.6 is 0 Å². The zero-order valence-corrected chi connectivity index (χ0v) is 31.5. The second kappa shape index (κ2) is 12.9. The van der Waals surface area contributed by atoms with Crippen LogP contribution in [0.25, 0.3) is 76.9 Å². The molecule has 0 saturated heterocycles. The van der Waals surface area contributed by atoms with Gasteiger partial charge >= 0.3 is 0 Å². The minimum absolute atomic E-state index is 0.109. The summed E-state index contributed by atoms with van der Waals surface area (Å²) in [5.41, 5.74) is 13.9. The van der Waals surface area contributed by atoms with E-state index in [0.29, 0.717) is 0 Å². The molecule has 3 heterocycles. The molecule has 272 valence electrons. The molecule has 0 bridgehead atoms. The van der Waals surface area contributed by atoms with E-state index < -0.39 is 0 Å². The van der Waals surface area contributed by atoms with Gasteiger partial charge in [-0.1, -0.05) is 146 Å². The minimum atomic E-state index is -0.109. The lowest BCUT2D eigenvalue weighted by Gasteiger charge is -2.29. The van der Waals surface area contributed by atoms with Crippen LogP contribution in [0.2, 0.25) is 0 Å². The standard InChI is InChI=1S/C54H36N4/c1-3-15-36(16-4-1)54-55-47-30-27-35-14-7-8-21-42(35)52(47)53(56-54)39-17-13-20-41(32-39)58-48-24-11-9-22-43(48)45-29-26-38(34-51(45)58)37-28-31-50-46(33-37)44-23-10-12-25-49(44)57(50)40-18-5-2-6-19-40/h1-34,53H,(H,55,56). The summed E-state index contributed by atoms with van der Waals surface area (Å²) in [7, 11) is 0. The van der Waals surface area contributed by atoms with Crippen molar-refractivity contribution in [2.24, 2.45) is 4.99 Å². The molecule has 0 amide bonds. The molecule has 1 aliphatic rings. The zero-order valence-electron chi connectivity index (χ0n) is 31.5. The molecular formula is C54H36N4. The van der Waals surface area contributed by atoms with Crippen LogP contribution in [0.4, 0.5) is 5.69 Å². The molecule has 1 atom stereocenters. The lowest BCUT2D eigenvalue weighted by molar-refractivity contribution is 0.755. The van der Waals surface area contributed by atoms with Gasteiger partial charge in [-0.15, -0.1) is 0 Å². The van der Waals surface area contributed by atoms with Crippen molar-refractivity contribution in [1.82, 2.24) is 14.5 Å². The molecule has 2 aromatic heterocycles. The molecule has 4 nitrogen and oxygen atoms in total. The Morgan fingerprint density at radius 3 is 1.79 bits per heavy atom. The summed E-state index contributed by atoms with van der Waals surface area (Å²) in [5.74, 6) is 0.879. The third kappa shape index (κ3) is 5.05. The van der Waals surface area contributed by atoms with Crippen LogP contribution in [-0.4, -0.2) is 15.0 Å². The highest BCUT2D eigenvalue weighted by molar-refractivity contribution is 6.12. The van der Waals surface area contributed by atoms with E-state index >= 15 is 0 Å². The number of para-hydroxylation sites is 3. The van der Waals surface area contributed by atoms with Crippen LogP contribution in [-0.2, 0) is 0 Å². The molecule has 1 aliphatic heterocycles. The molecule has 0 aliphatic carbocycles. The van der Waals surface area contributed by atoms with E-state index in [1.807, 2.05) is 0 Å². The van der Waals surface area contributed by atoms with Crippen molar-refractivity contribution in [3.63, 3.8) is 0 Å². The second-order valence-corrected chi connectivity index (χ2v) is 15.2. The van der Waals surface area contributed by atoms with Crippen molar-refractivity contribution in [3.8, 4) is 22.5 Å². The van der Waals surface area contributed by atoms with E-state index in [2.05, 4.69) is 221 Å². The summed E-state index contributed by atoms with van der Waals surface area (Å²) >= 11 is 0. The smallest absolute Gasteiger partial charge is 0.134 e. The largest absolute Gasteiger partial charge is 0.359 e. The third-order valence-electron chi connectivity index (χ3n) is 12.0. The highest BCUT2D eigenvalue weighted by atomic mass is 15.1. The molecule has 1 N–H and O–H groups in total. The van der Waals surface area contributed by atoms with Crippen LogP contribution in [0, 0.1) is 0 Å². The summed E-state index contributed by atoms with van der Waals surface area (Å²) in [5, 5.41) is 11.3. The molecular weight excluding hydrogens is 705 g/mol. The SMILES string of the molecule is c1ccc(C2=Nc3ccc4ccccc4c3C(c3cccc(-n4c5ccccc5c5ccc(-c6ccc7c(c6)c6ccccc6n7-c6ccccc6)cc54)c3)N2)cc1. The van der Waals surface area contributed by atoms with Crippen LogP contribution in [0.1, 0.15) is 22.7 Å². The Balaban J connectivity index is 1.03. The molecule has 58 heavy (non-hydrogen) atoms. The first-order valence-corrected chi connectivity index (χ1v) is 19.9. The zero-order chi connectivity index (χ0) is 38.2. The highest BCUT2D eigenvalue weighted by Crippen LogP contribution is 2.42. The van der Waals surface area contributed by atoms with Gasteiger partial charge in [0.05, 0.1) is 33.8 Å². The molecule has 9 aromatic carbocycles. The molecule has 1 unspecified atom stereocenters. The predicted molar refractivity (Wildman–Crippen MR) is 242 cm³/mol. The summed E-state index contributed by atoms with van der Waals surface area (Å²) in [6, 6.07) is 74.5. The molecule has 0 saturated carbocycles. The quantitative estimate of drug-likeness (QED) is 0.187. The van der Waals surface area contributed by atoms with E-state index in [-0.39, 0.29) is 6.04 Å². The lowest BCUT2D eigenvalue weighted by Crippen LogP contribution is -2.33. The van der Waals surface area contributed by atoms with Crippen LogP contribution < -0.4 is 5.32 Å². The average Bonchev–Trinajstić information content (AvgIpc) is 3.81. The number of hydrogen-bond acceptors (Lipinski definition) is 2.